The standard InChI is InChI=1S/C19H28N4O/c1-13-6-9-22(10-7-13)18-16-12-23(19(24)15-4-3-5-15)11-8-17(16)20-14(2)21-18/h13,15H,3-12H2,1-2H3. The quantitative estimate of drug-likeness (QED) is 0.837. The van der Waals surface area contributed by atoms with E-state index in [1.807, 2.05) is 6.92 Å². The molecule has 1 aliphatic carbocycles. The highest BCUT2D eigenvalue weighted by molar-refractivity contribution is 5.80. The third-order valence-corrected chi connectivity index (χ3v) is 6.00. The van der Waals surface area contributed by atoms with Gasteiger partial charge in [0.1, 0.15) is 11.6 Å². The first-order valence-electron chi connectivity index (χ1n) is 9.52. The minimum Gasteiger partial charge on any atom is -0.356 e. The molecule has 0 unspecified atom stereocenters. The van der Waals surface area contributed by atoms with Gasteiger partial charge in [0.25, 0.3) is 0 Å². The third kappa shape index (κ3) is 2.89. The van der Waals surface area contributed by atoms with Crippen molar-refractivity contribution in [3.63, 3.8) is 0 Å². The van der Waals surface area contributed by atoms with Crippen molar-refractivity contribution in [1.29, 1.82) is 0 Å². The number of carbonyl (C=O) groups is 1. The summed E-state index contributed by atoms with van der Waals surface area (Å²) in [5, 5.41) is 0. The Labute approximate surface area is 144 Å². The van der Waals surface area contributed by atoms with E-state index in [0.717, 1.165) is 62.2 Å². The predicted molar refractivity (Wildman–Crippen MR) is 93.8 cm³/mol. The van der Waals surface area contributed by atoms with Gasteiger partial charge in [-0.25, -0.2) is 9.97 Å². The van der Waals surface area contributed by atoms with E-state index in [-0.39, 0.29) is 5.92 Å². The molecule has 0 N–H and O–H groups in total. The van der Waals surface area contributed by atoms with Crippen molar-refractivity contribution < 1.29 is 4.79 Å². The van der Waals surface area contributed by atoms with Crippen LogP contribution in [0.1, 0.15) is 56.1 Å². The number of fused-ring (bicyclic) bond motifs is 1. The molecule has 0 radical (unpaired) electrons. The fourth-order valence-corrected chi connectivity index (χ4v) is 4.10. The van der Waals surface area contributed by atoms with Crippen molar-refractivity contribution in [2.45, 2.75) is 58.9 Å². The summed E-state index contributed by atoms with van der Waals surface area (Å²) < 4.78 is 0. The maximum atomic E-state index is 12.7. The zero-order valence-corrected chi connectivity index (χ0v) is 14.9. The first-order valence-corrected chi connectivity index (χ1v) is 9.52. The fraction of sp³-hybridized carbons (Fsp3) is 0.737. The van der Waals surface area contributed by atoms with Crippen LogP contribution in [0.5, 0.6) is 0 Å². The van der Waals surface area contributed by atoms with Crippen LogP contribution in [0.3, 0.4) is 0 Å². The van der Waals surface area contributed by atoms with Crippen LogP contribution in [0, 0.1) is 18.8 Å². The number of piperidine rings is 1. The summed E-state index contributed by atoms with van der Waals surface area (Å²) in [6.07, 6.45) is 6.67. The summed E-state index contributed by atoms with van der Waals surface area (Å²) in [7, 11) is 0. The highest BCUT2D eigenvalue weighted by Crippen LogP contribution is 2.33. The van der Waals surface area contributed by atoms with Crippen LogP contribution in [0.25, 0.3) is 0 Å². The molecule has 130 valence electrons. The monoisotopic (exact) mass is 328 g/mol. The molecule has 3 aliphatic rings. The minimum atomic E-state index is 0.275. The molecule has 0 bridgehead atoms. The molecule has 1 saturated heterocycles. The second kappa shape index (κ2) is 6.34. The van der Waals surface area contributed by atoms with Crippen molar-refractivity contribution in [3.8, 4) is 0 Å². The van der Waals surface area contributed by atoms with Crippen LogP contribution >= 0.6 is 0 Å². The van der Waals surface area contributed by atoms with Crippen LogP contribution in [0.2, 0.25) is 0 Å². The average molecular weight is 328 g/mol. The van der Waals surface area contributed by atoms with E-state index in [1.54, 1.807) is 0 Å². The number of hydrogen-bond donors (Lipinski definition) is 0. The van der Waals surface area contributed by atoms with Gasteiger partial charge in [-0.2, -0.15) is 0 Å². The van der Waals surface area contributed by atoms with Crippen LogP contribution in [-0.4, -0.2) is 40.4 Å². The maximum Gasteiger partial charge on any atom is 0.225 e. The predicted octanol–water partition coefficient (Wildman–Crippen LogP) is 2.71. The van der Waals surface area contributed by atoms with Gasteiger partial charge in [-0.1, -0.05) is 13.3 Å². The second-order valence-corrected chi connectivity index (χ2v) is 7.83. The molecule has 0 aromatic carbocycles. The highest BCUT2D eigenvalue weighted by Gasteiger charge is 2.33. The minimum absolute atomic E-state index is 0.275. The van der Waals surface area contributed by atoms with Gasteiger partial charge in [0.05, 0.1) is 12.2 Å². The lowest BCUT2D eigenvalue weighted by atomic mass is 9.84. The van der Waals surface area contributed by atoms with Crippen molar-refractivity contribution >= 4 is 11.7 Å². The van der Waals surface area contributed by atoms with Crippen molar-refractivity contribution in [1.82, 2.24) is 14.9 Å². The summed E-state index contributed by atoms with van der Waals surface area (Å²) >= 11 is 0. The molecular weight excluding hydrogens is 300 g/mol. The van der Waals surface area contributed by atoms with Gasteiger partial charge < -0.3 is 9.80 Å². The number of nitrogens with zero attached hydrogens (tertiary/aromatic N) is 4. The van der Waals surface area contributed by atoms with Crippen molar-refractivity contribution in [2.75, 3.05) is 24.5 Å². The van der Waals surface area contributed by atoms with Gasteiger partial charge in [0.15, 0.2) is 0 Å². The molecule has 3 heterocycles. The molecule has 1 amide bonds. The second-order valence-electron chi connectivity index (χ2n) is 7.83. The Morgan fingerprint density at radius 1 is 1.08 bits per heavy atom. The van der Waals surface area contributed by atoms with E-state index in [1.165, 1.54) is 24.8 Å². The molecule has 0 spiro atoms. The molecule has 24 heavy (non-hydrogen) atoms. The largest absolute Gasteiger partial charge is 0.356 e. The van der Waals surface area contributed by atoms with Crippen LogP contribution < -0.4 is 4.90 Å². The number of anilines is 1. The molecule has 5 heteroatoms. The number of aryl methyl sites for hydroxylation is 1. The van der Waals surface area contributed by atoms with Gasteiger partial charge in [-0.05, 0) is 38.5 Å². The number of rotatable bonds is 2. The van der Waals surface area contributed by atoms with E-state index in [2.05, 4.69) is 21.7 Å². The lowest BCUT2D eigenvalue weighted by Gasteiger charge is -2.37. The summed E-state index contributed by atoms with van der Waals surface area (Å²) in [5.41, 5.74) is 2.36. The molecule has 4 rings (SSSR count). The smallest absolute Gasteiger partial charge is 0.225 e. The SMILES string of the molecule is Cc1nc2c(c(N3CCC(C)CC3)n1)CN(C(=O)C1CCC1)CC2. The van der Waals surface area contributed by atoms with Gasteiger partial charge in [0.2, 0.25) is 5.91 Å². The molecule has 1 saturated carbocycles. The zero-order valence-electron chi connectivity index (χ0n) is 14.9. The summed E-state index contributed by atoms with van der Waals surface area (Å²) in [4.78, 5) is 26.6. The zero-order chi connectivity index (χ0) is 16.7. The van der Waals surface area contributed by atoms with E-state index in [9.17, 15) is 4.79 Å². The molecule has 2 aliphatic heterocycles. The number of aromatic nitrogens is 2. The summed E-state index contributed by atoms with van der Waals surface area (Å²) in [6, 6.07) is 0. The molecule has 2 fully saturated rings. The lowest BCUT2D eigenvalue weighted by Crippen LogP contribution is -2.43. The normalized spacial score (nSPS) is 22.2. The summed E-state index contributed by atoms with van der Waals surface area (Å²) in [5.74, 6) is 3.39. The molecule has 5 nitrogen and oxygen atoms in total. The molecule has 0 atom stereocenters. The van der Waals surface area contributed by atoms with E-state index >= 15 is 0 Å². The maximum absolute atomic E-state index is 12.7. The Hall–Kier alpha value is -1.65. The Morgan fingerprint density at radius 2 is 1.83 bits per heavy atom. The highest BCUT2D eigenvalue weighted by atomic mass is 16.2. The summed E-state index contributed by atoms with van der Waals surface area (Å²) in [6.45, 7) is 7.97. The Bertz CT molecular complexity index is 632. The van der Waals surface area contributed by atoms with Crippen LogP contribution in [-0.2, 0) is 17.8 Å². The van der Waals surface area contributed by atoms with Crippen molar-refractivity contribution in [2.24, 2.45) is 11.8 Å². The van der Waals surface area contributed by atoms with Crippen molar-refractivity contribution in [3.05, 3.63) is 17.1 Å². The Balaban J connectivity index is 1.59. The number of carbonyl (C=O) groups excluding carboxylic acids is 1. The molecular formula is C19H28N4O. The number of hydrogen-bond acceptors (Lipinski definition) is 4. The Kier molecular flexibility index (Phi) is 4.19. The van der Waals surface area contributed by atoms with E-state index in [0.29, 0.717) is 12.5 Å². The molecule has 1 aromatic heterocycles. The first kappa shape index (κ1) is 15.9. The van der Waals surface area contributed by atoms with E-state index in [4.69, 9.17) is 4.98 Å². The van der Waals surface area contributed by atoms with Gasteiger partial charge in [-0.15, -0.1) is 0 Å². The average Bonchev–Trinajstić information content (AvgIpc) is 2.53. The van der Waals surface area contributed by atoms with Gasteiger partial charge in [0, 0.05) is 37.5 Å². The molecule has 1 aromatic rings. The van der Waals surface area contributed by atoms with Gasteiger partial charge in [-0.3, -0.25) is 4.79 Å². The first-order chi connectivity index (χ1) is 11.6. The lowest BCUT2D eigenvalue weighted by molar-refractivity contribution is -0.139. The number of amides is 1. The van der Waals surface area contributed by atoms with Crippen LogP contribution in [0.15, 0.2) is 0 Å². The van der Waals surface area contributed by atoms with Gasteiger partial charge >= 0.3 is 0 Å². The van der Waals surface area contributed by atoms with Crippen LogP contribution in [0.4, 0.5) is 5.82 Å². The topological polar surface area (TPSA) is 49.3 Å². The fourth-order valence-electron chi connectivity index (χ4n) is 4.10. The third-order valence-electron chi connectivity index (χ3n) is 6.00. The Morgan fingerprint density at radius 3 is 2.50 bits per heavy atom. The van der Waals surface area contributed by atoms with E-state index < -0.39 is 0 Å².